The van der Waals surface area contributed by atoms with E-state index in [1.54, 1.807) is 0 Å². The van der Waals surface area contributed by atoms with E-state index in [4.69, 9.17) is 4.98 Å². The summed E-state index contributed by atoms with van der Waals surface area (Å²) in [5, 5.41) is 5.91. The molecule has 0 spiro atoms. The topological polar surface area (TPSA) is 132 Å². The number of imidazole rings is 1. The van der Waals surface area contributed by atoms with E-state index >= 15 is 0 Å². The summed E-state index contributed by atoms with van der Waals surface area (Å²) in [7, 11) is 1.26. The molecule has 3 unspecified atom stereocenters. The number of ether oxygens (including phenoxy) is 1. The molecule has 1 amide bonds. The molecule has 0 bridgehead atoms. The first-order chi connectivity index (χ1) is 22.9. The number of benzene rings is 2. The van der Waals surface area contributed by atoms with Crippen molar-refractivity contribution in [2.45, 2.75) is 50.3 Å². The Hall–Kier alpha value is -4.99. The highest BCUT2D eigenvalue weighted by atomic mass is 19.4. The minimum absolute atomic E-state index is 0.0230. The molecule has 3 atom stereocenters. The third-order valence-electron chi connectivity index (χ3n) is 9.42. The lowest BCUT2D eigenvalue weighted by Gasteiger charge is -2.25. The molecule has 1 aliphatic carbocycles. The lowest BCUT2D eigenvalue weighted by atomic mass is 10.1. The number of carbonyl (C=O) groups excluding carboxylic acids is 2. The number of aromatic nitrogens is 4. The second kappa shape index (κ2) is 11.9. The first-order valence-corrected chi connectivity index (χ1v) is 15.5. The van der Waals surface area contributed by atoms with E-state index < -0.39 is 47.4 Å². The highest BCUT2D eigenvalue weighted by Crippen LogP contribution is 2.33. The molecule has 4 heterocycles. The van der Waals surface area contributed by atoms with Crippen molar-refractivity contribution in [3.63, 3.8) is 0 Å². The fourth-order valence-electron chi connectivity index (χ4n) is 7.10. The molecule has 0 saturated carbocycles. The Kier molecular flexibility index (Phi) is 7.84. The van der Waals surface area contributed by atoms with Gasteiger partial charge in [0.25, 0.3) is 17.7 Å². The quantitative estimate of drug-likeness (QED) is 0.225. The predicted molar refractivity (Wildman–Crippen MR) is 164 cm³/mol. The smallest absolute Gasteiger partial charge is 0.424 e. The second-order valence-electron chi connectivity index (χ2n) is 12.4. The molecule has 3 aliphatic rings. The number of nitrogens with one attached hydrogen (secondary N) is 2. The molecule has 2 N–H and O–H groups in total. The Labute approximate surface area is 269 Å². The van der Waals surface area contributed by atoms with E-state index in [2.05, 4.69) is 15.4 Å². The average Bonchev–Trinajstić information content (AvgIpc) is 3.83. The van der Waals surface area contributed by atoms with Crippen LogP contribution in [0.1, 0.15) is 29.3 Å². The largest absolute Gasteiger partial charge is 0.491 e. The number of fused-ring (bicyclic) bond motifs is 3. The van der Waals surface area contributed by atoms with Gasteiger partial charge in [0, 0.05) is 38.8 Å². The molecule has 4 aromatic rings. The van der Waals surface area contributed by atoms with Crippen LogP contribution in [-0.4, -0.2) is 68.5 Å². The predicted octanol–water partition coefficient (Wildman–Crippen LogP) is 1.77. The van der Waals surface area contributed by atoms with Gasteiger partial charge in [-0.1, -0.05) is 36.4 Å². The van der Waals surface area contributed by atoms with Gasteiger partial charge in [-0.05, 0) is 54.0 Å². The Balaban J connectivity index is 1.36. The van der Waals surface area contributed by atoms with Crippen LogP contribution in [0.2, 0.25) is 0 Å². The maximum atomic E-state index is 14.4. The molecule has 252 valence electrons. The molecule has 2 aromatic heterocycles. The zero-order valence-corrected chi connectivity index (χ0v) is 25.7. The molecule has 2 aliphatic heterocycles. The Morgan fingerprint density at radius 2 is 1.75 bits per heavy atom. The van der Waals surface area contributed by atoms with E-state index in [-0.39, 0.29) is 28.3 Å². The molecule has 48 heavy (non-hydrogen) atoms. The summed E-state index contributed by atoms with van der Waals surface area (Å²) >= 11 is 0. The van der Waals surface area contributed by atoms with E-state index in [0.717, 1.165) is 28.7 Å². The van der Waals surface area contributed by atoms with Gasteiger partial charge in [0.2, 0.25) is 5.95 Å². The number of rotatable bonds is 7. The first kappa shape index (κ1) is 31.6. The third-order valence-corrected chi connectivity index (χ3v) is 9.42. The average molecular weight is 670 g/mol. The summed E-state index contributed by atoms with van der Waals surface area (Å²) in [5.41, 5.74) is -0.285. The number of halogens is 4. The molecule has 0 radical (unpaired) electrons. The fourth-order valence-corrected chi connectivity index (χ4v) is 7.10. The minimum atomic E-state index is -5.53. The summed E-state index contributed by atoms with van der Waals surface area (Å²) in [6.45, 7) is 2.00. The Morgan fingerprint density at radius 1 is 1.06 bits per heavy atom. The fraction of sp³-hybridized carbons (Fsp3) is 0.406. The van der Waals surface area contributed by atoms with Crippen molar-refractivity contribution in [3.8, 4) is 0 Å². The number of anilines is 1. The normalized spacial score (nSPS) is 19.8. The third kappa shape index (κ3) is 5.52. The summed E-state index contributed by atoms with van der Waals surface area (Å²) < 4.78 is 61.6. The molecular weight excluding hydrogens is 638 g/mol. The molecule has 7 rings (SSSR count). The molecule has 16 heteroatoms. The number of hydrogen-bond donors (Lipinski definition) is 2. The molecular formula is C32H31F4N7O5. The van der Waals surface area contributed by atoms with E-state index in [1.165, 1.54) is 35.9 Å². The van der Waals surface area contributed by atoms with Gasteiger partial charge in [-0.15, -0.1) is 0 Å². The van der Waals surface area contributed by atoms with Gasteiger partial charge < -0.3 is 20.3 Å². The monoisotopic (exact) mass is 669 g/mol. The van der Waals surface area contributed by atoms with Crippen molar-refractivity contribution in [1.82, 2.24) is 29.3 Å². The number of aryl methyl sites for hydroxylation is 1. The van der Waals surface area contributed by atoms with Gasteiger partial charge in [-0.25, -0.2) is 18.5 Å². The summed E-state index contributed by atoms with van der Waals surface area (Å²) in [6.07, 6.45) is -6.60. The Morgan fingerprint density at radius 3 is 2.42 bits per heavy atom. The van der Waals surface area contributed by atoms with Crippen molar-refractivity contribution in [2.24, 2.45) is 13.0 Å². The lowest BCUT2D eigenvalue weighted by Crippen LogP contribution is -2.51. The van der Waals surface area contributed by atoms with Crippen LogP contribution in [0.4, 0.5) is 23.5 Å². The number of alkyl halides is 3. The zero-order valence-electron chi connectivity index (χ0n) is 25.7. The van der Waals surface area contributed by atoms with Gasteiger partial charge in [0.1, 0.15) is 5.82 Å². The highest BCUT2D eigenvalue weighted by molar-refractivity contribution is 5.84. The van der Waals surface area contributed by atoms with Gasteiger partial charge in [-0.2, -0.15) is 18.2 Å². The standard InChI is InChI=1S/C32H31F4N7O5/c1-40-25-24(42(16-17-6-8-21(33)9-7-17)30(39-25)41-11-10-20-14-37-15-23(20)41)27(45)43(31(40)47)28(48-29(46)32(34,35)36)26(44)38-22-12-18-4-2-3-5-19(18)13-22/h2-9,20,22-23,28,37H,10-16H2,1H3,(H,38,44). The number of amides is 1. The van der Waals surface area contributed by atoms with Crippen molar-refractivity contribution in [1.29, 1.82) is 0 Å². The minimum Gasteiger partial charge on any atom is -0.424 e. The number of carbonyl (C=O) groups is 2. The van der Waals surface area contributed by atoms with Crippen molar-refractivity contribution >= 4 is 29.0 Å². The van der Waals surface area contributed by atoms with Gasteiger partial charge in [0.05, 0.1) is 6.54 Å². The second-order valence-corrected chi connectivity index (χ2v) is 12.4. The summed E-state index contributed by atoms with van der Waals surface area (Å²) in [5.74, 6) is -3.87. The van der Waals surface area contributed by atoms with Gasteiger partial charge in [0.15, 0.2) is 11.2 Å². The van der Waals surface area contributed by atoms with Crippen LogP contribution in [0, 0.1) is 11.7 Å². The van der Waals surface area contributed by atoms with Crippen LogP contribution < -0.4 is 26.8 Å². The van der Waals surface area contributed by atoms with Crippen LogP contribution >= 0.6 is 0 Å². The molecule has 2 saturated heterocycles. The first-order valence-electron chi connectivity index (χ1n) is 15.5. The van der Waals surface area contributed by atoms with Crippen molar-refractivity contribution in [2.75, 3.05) is 24.5 Å². The van der Waals surface area contributed by atoms with Crippen LogP contribution in [0.3, 0.4) is 0 Å². The van der Waals surface area contributed by atoms with E-state index in [0.29, 0.717) is 43.4 Å². The van der Waals surface area contributed by atoms with Crippen molar-refractivity contribution in [3.05, 3.63) is 91.9 Å². The van der Waals surface area contributed by atoms with Crippen LogP contribution in [0.25, 0.3) is 11.2 Å². The van der Waals surface area contributed by atoms with E-state index in [1.807, 2.05) is 29.2 Å². The number of nitrogens with zero attached hydrogens (tertiary/aromatic N) is 5. The maximum absolute atomic E-state index is 14.4. The van der Waals surface area contributed by atoms with Crippen LogP contribution in [0.15, 0.2) is 58.1 Å². The number of esters is 1. The van der Waals surface area contributed by atoms with Crippen LogP contribution in [-0.2, 0) is 40.8 Å². The van der Waals surface area contributed by atoms with Gasteiger partial charge >= 0.3 is 17.8 Å². The summed E-state index contributed by atoms with van der Waals surface area (Å²) in [6, 6.07) is 12.3. The molecule has 12 nitrogen and oxygen atoms in total. The number of hydrogen-bond acceptors (Lipinski definition) is 8. The zero-order chi connectivity index (χ0) is 33.9. The van der Waals surface area contributed by atoms with Crippen molar-refractivity contribution < 1.29 is 31.9 Å². The Bertz CT molecular complexity index is 2010. The summed E-state index contributed by atoms with van der Waals surface area (Å²) in [4.78, 5) is 60.7. The SMILES string of the molecule is Cn1c(=O)n(C(OC(=O)C(F)(F)F)C(=O)NC2Cc3ccccc3C2)c(=O)c2c1nc(N1CCC3CNCC31)n2Cc1ccc(F)cc1. The van der Waals surface area contributed by atoms with Gasteiger partial charge in [-0.3, -0.25) is 18.7 Å². The lowest BCUT2D eigenvalue weighted by molar-refractivity contribution is -0.210. The van der Waals surface area contributed by atoms with Crippen LogP contribution in [0.5, 0.6) is 0 Å². The maximum Gasteiger partial charge on any atom is 0.491 e. The molecule has 2 aromatic carbocycles. The van der Waals surface area contributed by atoms with E-state index in [9.17, 15) is 36.7 Å². The highest BCUT2D eigenvalue weighted by Gasteiger charge is 2.45. The molecule has 2 fully saturated rings.